The van der Waals surface area contributed by atoms with Crippen molar-refractivity contribution in [1.29, 1.82) is 0 Å². The summed E-state index contributed by atoms with van der Waals surface area (Å²) in [6, 6.07) is 9.32. The number of nitrogens with two attached hydrogens (primary N) is 1. The predicted molar refractivity (Wildman–Crippen MR) is 82.7 cm³/mol. The van der Waals surface area contributed by atoms with E-state index in [-0.39, 0.29) is 31.3 Å². The number of para-hydroxylation sites is 1. The molecular formula is C16H14N2O6. The van der Waals surface area contributed by atoms with Crippen LogP contribution < -0.4 is 15.2 Å². The Labute approximate surface area is 136 Å². The maximum atomic E-state index is 11.4. The Balaban J connectivity index is 1.91. The average molecular weight is 330 g/mol. The lowest BCUT2D eigenvalue weighted by Gasteiger charge is -2.20. The molecule has 0 fully saturated rings. The quantitative estimate of drug-likeness (QED) is 0.663. The molecule has 0 aliphatic carbocycles. The summed E-state index contributed by atoms with van der Waals surface area (Å²) < 4.78 is 16.2. The van der Waals surface area contributed by atoms with E-state index in [2.05, 4.69) is 0 Å². The van der Waals surface area contributed by atoms with Gasteiger partial charge in [-0.15, -0.1) is 0 Å². The maximum absolute atomic E-state index is 11.4. The number of non-ortho nitro benzene ring substituents is 1. The van der Waals surface area contributed by atoms with Gasteiger partial charge in [0, 0.05) is 23.3 Å². The van der Waals surface area contributed by atoms with E-state index in [0.29, 0.717) is 22.6 Å². The van der Waals surface area contributed by atoms with Crippen molar-refractivity contribution in [1.82, 2.24) is 0 Å². The van der Waals surface area contributed by atoms with Crippen LogP contribution in [0.5, 0.6) is 11.5 Å². The highest BCUT2D eigenvalue weighted by atomic mass is 16.7. The van der Waals surface area contributed by atoms with E-state index >= 15 is 0 Å². The smallest absolute Gasteiger partial charge is 0.270 e. The van der Waals surface area contributed by atoms with Crippen LogP contribution >= 0.6 is 0 Å². The Bertz CT molecular complexity index is 805. The van der Waals surface area contributed by atoms with E-state index in [1.807, 2.05) is 0 Å². The Morgan fingerprint density at radius 1 is 1.33 bits per heavy atom. The van der Waals surface area contributed by atoms with Crippen molar-refractivity contribution in [3.63, 3.8) is 0 Å². The fraction of sp³-hybridized carbons (Fsp3) is 0.188. The molecule has 0 radical (unpaired) electrons. The van der Waals surface area contributed by atoms with Crippen molar-refractivity contribution >= 4 is 11.6 Å². The topological polar surface area (TPSA) is 114 Å². The number of hydrogen-bond acceptors (Lipinski definition) is 6. The largest absolute Gasteiger partial charge is 0.488 e. The van der Waals surface area contributed by atoms with Crippen LogP contribution in [0.1, 0.15) is 21.5 Å². The molecular weight excluding hydrogens is 316 g/mol. The van der Waals surface area contributed by atoms with Crippen LogP contribution in [-0.4, -0.2) is 17.6 Å². The Morgan fingerprint density at radius 3 is 2.88 bits per heavy atom. The summed E-state index contributed by atoms with van der Waals surface area (Å²) in [4.78, 5) is 22.0. The van der Waals surface area contributed by atoms with Gasteiger partial charge < -0.3 is 19.9 Å². The lowest BCUT2D eigenvalue weighted by molar-refractivity contribution is -0.385. The van der Waals surface area contributed by atoms with E-state index in [1.54, 1.807) is 24.3 Å². The first-order valence-electron chi connectivity index (χ1n) is 7.08. The summed E-state index contributed by atoms with van der Waals surface area (Å²) >= 11 is 0. The molecule has 2 aromatic rings. The summed E-state index contributed by atoms with van der Waals surface area (Å²) in [5.41, 5.74) is 6.55. The number of benzene rings is 2. The van der Waals surface area contributed by atoms with Gasteiger partial charge in [0.05, 0.1) is 17.1 Å². The zero-order chi connectivity index (χ0) is 17.1. The first kappa shape index (κ1) is 15.8. The van der Waals surface area contributed by atoms with Crippen molar-refractivity contribution in [3.8, 4) is 11.5 Å². The highest BCUT2D eigenvalue weighted by molar-refractivity contribution is 5.95. The summed E-state index contributed by atoms with van der Waals surface area (Å²) in [5, 5.41) is 11.1. The molecule has 0 saturated carbocycles. The molecule has 1 heterocycles. The number of rotatable bonds is 5. The van der Waals surface area contributed by atoms with Gasteiger partial charge >= 0.3 is 0 Å². The van der Waals surface area contributed by atoms with Crippen LogP contribution in [0.4, 0.5) is 5.69 Å². The minimum atomic E-state index is -0.615. The number of fused-ring (bicyclic) bond motifs is 1. The Hall–Kier alpha value is -3.13. The van der Waals surface area contributed by atoms with E-state index in [0.717, 1.165) is 0 Å². The monoisotopic (exact) mass is 330 g/mol. The number of carbonyl (C=O) groups is 1. The van der Waals surface area contributed by atoms with Crippen LogP contribution in [0.25, 0.3) is 0 Å². The number of nitro groups is 1. The molecule has 0 aromatic heterocycles. The van der Waals surface area contributed by atoms with Gasteiger partial charge in [0.2, 0.25) is 0 Å². The van der Waals surface area contributed by atoms with Crippen molar-refractivity contribution in [2.24, 2.45) is 5.73 Å². The molecule has 24 heavy (non-hydrogen) atoms. The second kappa shape index (κ2) is 6.55. The van der Waals surface area contributed by atoms with Crippen LogP contribution in [-0.2, 0) is 18.0 Å². The van der Waals surface area contributed by atoms with Crippen LogP contribution in [0.15, 0.2) is 36.4 Å². The number of primary amides is 1. The molecule has 2 N–H and O–H groups in total. The van der Waals surface area contributed by atoms with Gasteiger partial charge in [0.15, 0.2) is 6.79 Å². The molecule has 0 saturated heterocycles. The first-order valence-corrected chi connectivity index (χ1v) is 7.08. The normalized spacial score (nSPS) is 12.8. The third kappa shape index (κ3) is 3.13. The van der Waals surface area contributed by atoms with Crippen LogP contribution in [0.3, 0.4) is 0 Å². The molecule has 3 rings (SSSR count). The van der Waals surface area contributed by atoms with Gasteiger partial charge in [-0.2, -0.15) is 0 Å². The number of amides is 1. The molecule has 1 aliphatic rings. The van der Waals surface area contributed by atoms with Gasteiger partial charge in [-0.25, -0.2) is 0 Å². The van der Waals surface area contributed by atoms with Gasteiger partial charge in [0.25, 0.3) is 11.6 Å². The average Bonchev–Trinajstić information content (AvgIpc) is 2.59. The molecule has 0 atom stereocenters. The Morgan fingerprint density at radius 2 is 2.12 bits per heavy atom. The van der Waals surface area contributed by atoms with Gasteiger partial charge in [-0.05, 0) is 12.1 Å². The summed E-state index contributed by atoms with van der Waals surface area (Å²) in [5.74, 6) is 0.192. The number of nitrogens with zero attached hydrogens (tertiary/aromatic N) is 1. The van der Waals surface area contributed by atoms with Crippen LogP contribution in [0, 0.1) is 10.1 Å². The van der Waals surface area contributed by atoms with Gasteiger partial charge in [-0.3, -0.25) is 14.9 Å². The second-order valence-electron chi connectivity index (χ2n) is 5.11. The van der Waals surface area contributed by atoms with E-state index in [4.69, 9.17) is 19.9 Å². The number of nitro benzene ring substituents is 1. The Kier molecular flexibility index (Phi) is 4.30. The predicted octanol–water partition coefficient (Wildman–Crippen LogP) is 2.14. The molecule has 0 unspecified atom stereocenters. The van der Waals surface area contributed by atoms with E-state index in [1.165, 1.54) is 12.1 Å². The minimum absolute atomic E-state index is 0.00565. The fourth-order valence-corrected chi connectivity index (χ4v) is 2.45. The molecule has 1 aliphatic heterocycles. The lowest BCUT2D eigenvalue weighted by Crippen LogP contribution is -2.15. The zero-order valence-corrected chi connectivity index (χ0v) is 12.6. The summed E-state index contributed by atoms with van der Waals surface area (Å²) in [6.45, 7) is 0.284. The molecule has 1 amide bonds. The third-order valence-corrected chi connectivity index (χ3v) is 3.52. The van der Waals surface area contributed by atoms with E-state index < -0.39 is 10.8 Å². The van der Waals surface area contributed by atoms with E-state index in [9.17, 15) is 14.9 Å². The standard InChI is InChI=1S/C16H14N2O6/c17-16(19)13-3-1-2-4-14(13)23-8-11-6-12(18(20)21)5-10-7-22-9-24-15(10)11/h1-6H,7-9H2,(H2,17,19). The number of ether oxygens (including phenoxy) is 3. The number of carbonyl (C=O) groups excluding carboxylic acids is 1. The summed E-state index contributed by atoms with van der Waals surface area (Å²) in [7, 11) is 0. The van der Waals surface area contributed by atoms with Crippen molar-refractivity contribution < 1.29 is 23.9 Å². The van der Waals surface area contributed by atoms with Gasteiger partial charge in [0.1, 0.15) is 18.1 Å². The highest BCUT2D eigenvalue weighted by Gasteiger charge is 2.21. The fourth-order valence-electron chi connectivity index (χ4n) is 2.45. The lowest BCUT2D eigenvalue weighted by atomic mass is 10.1. The summed E-state index contributed by atoms with van der Waals surface area (Å²) in [6.07, 6.45) is 0. The molecule has 0 spiro atoms. The SMILES string of the molecule is NC(=O)c1ccccc1OCc1cc([N+](=O)[O-])cc2c1OCOC2. The number of hydrogen-bond donors (Lipinski definition) is 1. The van der Waals surface area contributed by atoms with Crippen molar-refractivity contribution in [2.75, 3.05) is 6.79 Å². The highest BCUT2D eigenvalue weighted by Crippen LogP contribution is 2.33. The first-order chi connectivity index (χ1) is 11.6. The maximum Gasteiger partial charge on any atom is 0.270 e. The van der Waals surface area contributed by atoms with Gasteiger partial charge in [-0.1, -0.05) is 12.1 Å². The molecule has 124 valence electrons. The molecule has 2 aromatic carbocycles. The zero-order valence-electron chi connectivity index (χ0n) is 12.6. The third-order valence-electron chi connectivity index (χ3n) is 3.52. The second-order valence-corrected chi connectivity index (χ2v) is 5.11. The van der Waals surface area contributed by atoms with Crippen LogP contribution in [0.2, 0.25) is 0 Å². The van der Waals surface area contributed by atoms with Crippen molar-refractivity contribution in [2.45, 2.75) is 13.2 Å². The minimum Gasteiger partial charge on any atom is -0.488 e. The molecule has 8 heteroatoms. The molecule has 8 nitrogen and oxygen atoms in total. The van der Waals surface area contributed by atoms with Crippen molar-refractivity contribution in [3.05, 3.63) is 63.2 Å². The molecule has 0 bridgehead atoms.